The molecule has 1 unspecified atom stereocenters. The van der Waals surface area contributed by atoms with Crippen LogP contribution in [0.2, 0.25) is 0 Å². The molecular weight excluding hydrogens is 274 g/mol. The summed E-state index contributed by atoms with van der Waals surface area (Å²) in [5, 5.41) is 3.41. The lowest BCUT2D eigenvalue weighted by Gasteiger charge is -2.33. The van der Waals surface area contributed by atoms with Crippen LogP contribution in [0.25, 0.3) is 0 Å². The Bertz CT molecular complexity index is 367. The molecule has 1 heterocycles. The van der Waals surface area contributed by atoms with E-state index in [2.05, 4.69) is 23.9 Å². The van der Waals surface area contributed by atoms with Gasteiger partial charge in [0, 0.05) is 25.2 Å². The molecule has 1 rings (SSSR count). The van der Waals surface area contributed by atoms with E-state index in [9.17, 15) is 8.42 Å². The number of rotatable bonds is 8. The normalized spacial score (nSPS) is 21.8. The van der Waals surface area contributed by atoms with Gasteiger partial charge in [0.05, 0.1) is 0 Å². The zero-order chi connectivity index (χ0) is 15.2. The lowest BCUT2D eigenvalue weighted by molar-refractivity contribution is 0.253. The van der Waals surface area contributed by atoms with E-state index < -0.39 is 10.2 Å². The van der Waals surface area contributed by atoms with Crippen LogP contribution < -0.4 is 10.0 Å². The highest BCUT2D eigenvalue weighted by Crippen LogP contribution is 2.18. The maximum Gasteiger partial charge on any atom is 0.279 e. The van der Waals surface area contributed by atoms with E-state index in [-0.39, 0.29) is 6.04 Å². The van der Waals surface area contributed by atoms with E-state index in [4.69, 9.17) is 0 Å². The molecule has 0 spiro atoms. The molecule has 2 N–H and O–H groups in total. The van der Waals surface area contributed by atoms with Gasteiger partial charge in [-0.2, -0.15) is 17.4 Å². The van der Waals surface area contributed by atoms with Gasteiger partial charge in [-0.1, -0.05) is 27.7 Å². The molecule has 1 aliphatic heterocycles. The molecule has 0 aromatic heterocycles. The van der Waals surface area contributed by atoms with Gasteiger partial charge in [0.1, 0.15) is 0 Å². The second-order valence-corrected chi connectivity index (χ2v) is 7.77. The monoisotopic (exact) mass is 305 g/mol. The summed E-state index contributed by atoms with van der Waals surface area (Å²) in [5.41, 5.74) is 0. The van der Waals surface area contributed by atoms with Crippen molar-refractivity contribution in [2.75, 3.05) is 19.6 Å². The van der Waals surface area contributed by atoms with Gasteiger partial charge < -0.3 is 5.32 Å². The summed E-state index contributed by atoms with van der Waals surface area (Å²) in [6, 6.07) is 0.499. The number of nitrogens with one attached hydrogen (secondary N) is 2. The van der Waals surface area contributed by atoms with Crippen molar-refractivity contribution in [1.82, 2.24) is 14.3 Å². The summed E-state index contributed by atoms with van der Waals surface area (Å²) < 4.78 is 29.2. The Morgan fingerprint density at radius 3 is 2.45 bits per heavy atom. The Labute approximate surface area is 124 Å². The maximum absolute atomic E-state index is 12.4. The third-order valence-corrected chi connectivity index (χ3v) is 5.58. The first-order valence-electron chi connectivity index (χ1n) is 7.89. The Morgan fingerprint density at radius 2 is 1.90 bits per heavy atom. The highest BCUT2D eigenvalue weighted by atomic mass is 32.2. The molecular formula is C14H31N3O2S. The van der Waals surface area contributed by atoms with Gasteiger partial charge in [0.25, 0.3) is 10.2 Å². The predicted molar refractivity (Wildman–Crippen MR) is 83.9 cm³/mol. The first-order valence-corrected chi connectivity index (χ1v) is 9.33. The number of piperidine rings is 1. The van der Waals surface area contributed by atoms with Gasteiger partial charge in [-0.05, 0) is 38.1 Å². The molecule has 5 nitrogen and oxygen atoms in total. The van der Waals surface area contributed by atoms with Crippen molar-refractivity contribution in [1.29, 1.82) is 0 Å². The smallest absolute Gasteiger partial charge is 0.279 e. The maximum atomic E-state index is 12.4. The summed E-state index contributed by atoms with van der Waals surface area (Å²) >= 11 is 0. The molecule has 1 saturated heterocycles. The lowest BCUT2D eigenvalue weighted by Crippen LogP contribution is -2.50. The van der Waals surface area contributed by atoms with Crippen molar-refractivity contribution < 1.29 is 8.42 Å². The van der Waals surface area contributed by atoms with Gasteiger partial charge in [0.15, 0.2) is 0 Å². The van der Waals surface area contributed by atoms with E-state index in [1.54, 1.807) is 4.31 Å². The SMILES string of the molecule is CCC(CC)NS(=O)(=O)N1CCCC(CNC(C)C)C1. The van der Waals surface area contributed by atoms with Crippen molar-refractivity contribution in [3.8, 4) is 0 Å². The van der Waals surface area contributed by atoms with Crippen molar-refractivity contribution in [2.45, 2.75) is 65.5 Å². The largest absolute Gasteiger partial charge is 0.314 e. The molecule has 0 radical (unpaired) electrons. The Kier molecular flexibility index (Phi) is 7.43. The van der Waals surface area contributed by atoms with Crippen LogP contribution in [0.15, 0.2) is 0 Å². The van der Waals surface area contributed by atoms with E-state index in [1.165, 1.54) is 0 Å². The molecule has 0 bridgehead atoms. The average molecular weight is 305 g/mol. The predicted octanol–water partition coefficient (Wildman–Crippen LogP) is 1.72. The molecule has 0 aromatic rings. The Morgan fingerprint density at radius 1 is 1.25 bits per heavy atom. The third-order valence-electron chi connectivity index (χ3n) is 3.94. The number of nitrogens with zero attached hydrogens (tertiary/aromatic N) is 1. The van der Waals surface area contributed by atoms with Gasteiger partial charge in [-0.25, -0.2) is 0 Å². The fraction of sp³-hybridized carbons (Fsp3) is 1.00. The molecule has 1 fully saturated rings. The highest BCUT2D eigenvalue weighted by Gasteiger charge is 2.29. The average Bonchev–Trinajstić information content (AvgIpc) is 2.43. The lowest BCUT2D eigenvalue weighted by atomic mass is 9.99. The summed E-state index contributed by atoms with van der Waals surface area (Å²) in [4.78, 5) is 0. The van der Waals surface area contributed by atoms with Crippen LogP contribution in [-0.2, 0) is 10.2 Å². The van der Waals surface area contributed by atoms with Gasteiger partial charge >= 0.3 is 0 Å². The van der Waals surface area contributed by atoms with Crippen molar-refractivity contribution >= 4 is 10.2 Å². The summed E-state index contributed by atoms with van der Waals surface area (Å²) in [7, 11) is -3.32. The minimum Gasteiger partial charge on any atom is -0.314 e. The second kappa shape index (κ2) is 8.32. The van der Waals surface area contributed by atoms with E-state index in [1.807, 2.05) is 13.8 Å². The van der Waals surface area contributed by atoms with Crippen LogP contribution in [0.4, 0.5) is 0 Å². The quantitative estimate of drug-likeness (QED) is 0.718. The van der Waals surface area contributed by atoms with Crippen molar-refractivity contribution in [2.24, 2.45) is 5.92 Å². The summed E-state index contributed by atoms with van der Waals surface area (Å²) in [5.74, 6) is 0.421. The zero-order valence-electron chi connectivity index (χ0n) is 13.4. The van der Waals surface area contributed by atoms with Crippen LogP contribution in [0.1, 0.15) is 53.4 Å². The fourth-order valence-electron chi connectivity index (χ4n) is 2.55. The Balaban J connectivity index is 2.56. The molecule has 20 heavy (non-hydrogen) atoms. The first-order chi connectivity index (χ1) is 9.39. The van der Waals surface area contributed by atoms with Gasteiger partial charge in [-0.3, -0.25) is 0 Å². The van der Waals surface area contributed by atoms with Crippen LogP contribution in [-0.4, -0.2) is 44.4 Å². The second-order valence-electron chi connectivity index (χ2n) is 6.07. The molecule has 1 atom stereocenters. The number of hydrogen-bond donors (Lipinski definition) is 2. The summed E-state index contributed by atoms with van der Waals surface area (Å²) in [6.45, 7) is 10.4. The molecule has 0 aliphatic carbocycles. The fourth-order valence-corrected chi connectivity index (χ4v) is 4.23. The standard InChI is InChI=1S/C14H31N3O2S/c1-5-14(6-2)16-20(18,19)17-9-7-8-13(11-17)10-15-12(3)4/h12-16H,5-11H2,1-4H3. The van der Waals surface area contributed by atoms with E-state index in [0.29, 0.717) is 25.0 Å². The van der Waals surface area contributed by atoms with Gasteiger partial charge in [0.2, 0.25) is 0 Å². The molecule has 120 valence electrons. The Hall–Kier alpha value is -0.170. The van der Waals surface area contributed by atoms with Crippen molar-refractivity contribution in [3.63, 3.8) is 0 Å². The van der Waals surface area contributed by atoms with Crippen LogP contribution >= 0.6 is 0 Å². The molecule has 1 aliphatic rings. The first kappa shape index (κ1) is 17.9. The van der Waals surface area contributed by atoms with Gasteiger partial charge in [-0.15, -0.1) is 0 Å². The molecule has 0 amide bonds. The molecule has 0 aromatic carbocycles. The highest BCUT2D eigenvalue weighted by molar-refractivity contribution is 7.87. The molecule has 0 saturated carbocycles. The van der Waals surface area contributed by atoms with Crippen molar-refractivity contribution in [3.05, 3.63) is 0 Å². The van der Waals surface area contributed by atoms with E-state index in [0.717, 1.165) is 32.2 Å². The van der Waals surface area contributed by atoms with E-state index >= 15 is 0 Å². The third kappa shape index (κ3) is 5.68. The topological polar surface area (TPSA) is 61.4 Å². The summed E-state index contributed by atoms with van der Waals surface area (Å²) in [6.07, 6.45) is 3.73. The van der Waals surface area contributed by atoms with Crippen LogP contribution in [0.3, 0.4) is 0 Å². The minimum absolute atomic E-state index is 0.0502. The number of hydrogen-bond acceptors (Lipinski definition) is 3. The van der Waals surface area contributed by atoms with Crippen LogP contribution in [0, 0.1) is 5.92 Å². The molecule has 6 heteroatoms. The van der Waals surface area contributed by atoms with Crippen LogP contribution in [0.5, 0.6) is 0 Å². The minimum atomic E-state index is -3.32. The zero-order valence-corrected chi connectivity index (χ0v) is 14.2.